The maximum Gasteiger partial charge on any atom is 0.171 e. The molecular formula is C19H24N2O2S. The lowest BCUT2D eigenvalue weighted by Gasteiger charge is -2.20. The minimum atomic E-state index is 0.109. The van der Waals surface area contributed by atoms with Crippen LogP contribution >= 0.6 is 12.2 Å². The van der Waals surface area contributed by atoms with E-state index >= 15 is 0 Å². The van der Waals surface area contributed by atoms with E-state index < -0.39 is 0 Å². The predicted octanol–water partition coefficient (Wildman–Crippen LogP) is 4.37. The van der Waals surface area contributed by atoms with Crippen LogP contribution in [0.2, 0.25) is 0 Å². The highest BCUT2D eigenvalue weighted by atomic mass is 32.1. The number of aryl methyl sites for hydroxylation is 2. The van der Waals surface area contributed by atoms with E-state index in [9.17, 15) is 0 Å². The van der Waals surface area contributed by atoms with Crippen molar-refractivity contribution in [1.29, 1.82) is 0 Å². The van der Waals surface area contributed by atoms with Crippen molar-refractivity contribution < 1.29 is 9.47 Å². The van der Waals surface area contributed by atoms with E-state index in [4.69, 9.17) is 21.7 Å². The molecule has 0 heterocycles. The summed E-state index contributed by atoms with van der Waals surface area (Å²) in [5.74, 6) is 1.42. The molecule has 2 rings (SSSR count). The Morgan fingerprint density at radius 2 is 1.62 bits per heavy atom. The minimum absolute atomic E-state index is 0.109. The normalized spacial score (nSPS) is 11.5. The maximum atomic E-state index is 5.44. The summed E-state index contributed by atoms with van der Waals surface area (Å²) in [7, 11) is 3.25. The Bertz CT molecular complexity index is 709. The van der Waals surface area contributed by atoms with Crippen molar-refractivity contribution in [3.8, 4) is 11.5 Å². The van der Waals surface area contributed by atoms with E-state index in [0.29, 0.717) is 16.6 Å². The van der Waals surface area contributed by atoms with Gasteiger partial charge in [0.05, 0.1) is 20.3 Å². The van der Waals surface area contributed by atoms with Crippen LogP contribution in [0.15, 0.2) is 36.4 Å². The zero-order valence-corrected chi connectivity index (χ0v) is 15.6. The molecule has 128 valence electrons. The van der Waals surface area contributed by atoms with Crippen LogP contribution in [0, 0.1) is 13.8 Å². The zero-order chi connectivity index (χ0) is 17.7. The molecule has 0 fully saturated rings. The van der Waals surface area contributed by atoms with Crippen molar-refractivity contribution in [2.24, 2.45) is 0 Å². The molecule has 0 bridgehead atoms. The molecular weight excluding hydrogens is 320 g/mol. The van der Waals surface area contributed by atoms with E-state index in [0.717, 1.165) is 5.69 Å². The zero-order valence-electron chi connectivity index (χ0n) is 14.8. The number of methoxy groups -OCH3 is 2. The standard InChI is InChI=1S/C19H24N2O2S/c1-12-6-7-13(2)18(8-12)14(3)20-19(24)21-15-9-16(22-4)11-17(10-15)23-5/h6-11,14H,1-5H3,(H2,20,21,24)/t14-/m1/s1. The maximum absolute atomic E-state index is 5.44. The third kappa shape index (κ3) is 4.61. The second-order valence-corrected chi connectivity index (χ2v) is 6.19. The van der Waals surface area contributed by atoms with Crippen LogP contribution in [-0.4, -0.2) is 19.3 Å². The number of nitrogens with one attached hydrogen (secondary N) is 2. The molecule has 0 spiro atoms. The summed E-state index contributed by atoms with van der Waals surface area (Å²) in [6, 6.07) is 12.1. The van der Waals surface area contributed by atoms with Gasteiger partial charge >= 0.3 is 0 Å². The van der Waals surface area contributed by atoms with Crippen molar-refractivity contribution in [2.45, 2.75) is 26.8 Å². The summed E-state index contributed by atoms with van der Waals surface area (Å²) in [5, 5.41) is 7.07. The van der Waals surface area contributed by atoms with Gasteiger partial charge in [0, 0.05) is 23.9 Å². The first-order valence-corrected chi connectivity index (χ1v) is 8.21. The minimum Gasteiger partial charge on any atom is -0.497 e. The first kappa shape index (κ1) is 18.1. The lowest BCUT2D eigenvalue weighted by Crippen LogP contribution is -2.31. The predicted molar refractivity (Wildman–Crippen MR) is 103 cm³/mol. The molecule has 0 saturated heterocycles. The fourth-order valence-electron chi connectivity index (χ4n) is 2.55. The molecule has 0 radical (unpaired) electrons. The number of rotatable bonds is 5. The van der Waals surface area contributed by atoms with Gasteiger partial charge in [-0.05, 0) is 44.1 Å². The van der Waals surface area contributed by atoms with Crippen LogP contribution in [0.5, 0.6) is 11.5 Å². The van der Waals surface area contributed by atoms with Crippen LogP contribution in [-0.2, 0) is 0 Å². The van der Waals surface area contributed by atoms with Gasteiger partial charge in [0.1, 0.15) is 11.5 Å². The SMILES string of the molecule is COc1cc(NC(=S)N[C@H](C)c2cc(C)ccc2C)cc(OC)c1. The Kier molecular flexibility index (Phi) is 6.04. The van der Waals surface area contributed by atoms with E-state index in [2.05, 4.69) is 49.6 Å². The Labute approximate surface area is 149 Å². The van der Waals surface area contributed by atoms with Crippen LogP contribution in [0.25, 0.3) is 0 Å². The number of hydrogen-bond acceptors (Lipinski definition) is 3. The van der Waals surface area contributed by atoms with Crippen molar-refractivity contribution in [1.82, 2.24) is 5.32 Å². The second kappa shape index (κ2) is 8.02. The molecule has 24 heavy (non-hydrogen) atoms. The summed E-state index contributed by atoms with van der Waals surface area (Å²) in [4.78, 5) is 0. The van der Waals surface area contributed by atoms with Gasteiger partial charge in [-0.1, -0.05) is 23.8 Å². The number of anilines is 1. The molecule has 0 saturated carbocycles. The average Bonchev–Trinajstić information content (AvgIpc) is 2.56. The summed E-state index contributed by atoms with van der Waals surface area (Å²) in [6.07, 6.45) is 0. The summed E-state index contributed by atoms with van der Waals surface area (Å²) in [5.41, 5.74) is 4.53. The molecule has 0 unspecified atom stereocenters. The first-order chi connectivity index (χ1) is 11.4. The molecule has 0 aliphatic carbocycles. The van der Waals surface area contributed by atoms with Crippen LogP contribution in [0.3, 0.4) is 0 Å². The third-order valence-electron chi connectivity index (χ3n) is 3.86. The van der Waals surface area contributed by atoms with Crippen molar-refractivity contribution in [2.75, 3.05) is 19.5 Å². The summed E-state index contributed by atoms with van der Waals surface area (Å²) in [6.45, 7) is 6.30. The lowest BCUT2D eigenvalue weighted by molar-refractivity contribution is 0.395. The first-order valence-electron chi connectivity index (χ1n) is 7.80. The third-order valence-corrected chi connectivity index (χ3v) is 4.08. The summed E-state index contributed by atoms with van der Waals surface area (Å²) < 4.78 is 10.5. The van der Waals surface area contributed by atoms with E-state index in [-0.39, 0.29) is 6.04 Å². The fraction of sp³-hybridized carbons (Fsp3) is 0.316. The number of hydrogen-bond donors (Lipinski definition) is 2. The van der Waals surface area contributed by atoms with Crippen molar-refractivity contribution in [3.63, 3.8) is 0 Å². The van der Waals surface area contributed by atoms with Crippen LogP contribution < -0.4 is 20.1 Å². The Balaban J connectivity index is 2.09. The Hall–Kier alpha value is -2.27. The number of ether oxygens (including phenoxy) is 2. The lowest BCUT2D eigenvalue weighted by atomic mass is 10.0. The van der Waals surface area contributed by atoms with Gasteiger partial charge < -0.3 is 20.1 Å². The molecule has 0 aromatic heterocycles. The molecule has 2 aromatic carbocycles. The highest BCUT2D eigenvalue weighted by molar-refractivity contribution is 7.80. The average molecular weight is 344 g/mol. The quantitative estimate of drug-likeness (QED) is 0.789. The van der Waals surface area contributed by atoms with Gasteiger partial charge in [0.2, 0.25) is 0 Å². The summed E-state index contributed by atoms with van der Waals surface area (Å²) >= 11 is 5.44. The molecule has 5 heteroatoms. The van der Waals surface area contributed by atoms with Gasteiger partial charge in [-0.2, -0.15) is 0 Å². The van der Waals surface area contributed by atoms with E-state index in [1.807, 2.05) is 18.2 Å². The topological polar surface area (TPSA) is 42.5 Å². The van der Waals surface area contributed by atoms with Gasteiger partial charge in [-0.25, -0.2) is 0 Å². The molecule has 0 amide bonds. The second-order valence-electron chi connectivity index (χ2n) is 5.78. The highest BCUT2D eigenvalue weighted by Gasteiger charge is 2.11. The monoisotopic (exact) mass is 344 g/mol. The molecule has 2 N–H and O–H groups in total. The Morgan fingerprint density at radius 1 is 1.00 bits per heavy atom. The van der Waals surface area contributed by atoms with E-state index in [1.165, 1.54) is 16.7 Å². The largest absolute Gasteiger partial charge is 0.497 e. The highest BCUT2D eigenvalue weighted by Crippen LogP contribution is 2.26. The fourth-order valence-corrected chi connectivity index (χ4v) is 2.84. The smallest absolute Gasteiger partial charge is 0.171 e. The van der Waals surface area contributed by atoms with Crippen molar-refractivity contribution >= 4 is 23.0 Å². The van der Waals surface area contributed by atoms with Gasteiger partial charge in [0.25, 0.3) is 0 Å². The molecule has 0 aliphatic rings. The number of benzene rings is 2. The molecule has 1 atom stereocenters. The molecule has 4 nitrogen and oxygen atoms in total. The van der Waals surface area contributed by atoms with Crippen LogP contribution in [0.1, 0.15) is 29.7 Å². The molecule has 0 aliphatic heterocycles. The molecule has 2 aromatic rings. The van der Waals surface area contributed by atoms with Gasteiger partial charge in [-0.15, -0.1) is 0 Å². The van der Waals surface area contributed by atoms with Gasteiger partial charge in [-0.3, -0.25) is 0 Å². The van der Waals surface area contributed by atoms with E-state index in [1.54, 1.807) is 14.2 Å². The Morgan fingerprint density at radius 3 is 2.21 bits per heavy atom. The number of thiocarbonyl (C=S) groups is 1. The van der Waals surface area contributed by atoms with Crippen LogP contribution in [0.4, 0.5) is 5.69 Å². The van der Waals surface area contributed by atoms with Crippen molar-refractivity contribution in [3.05, 3.63) is 53.1 Å². The van der Waals surface area contributed by atoms with Gasteiger partial charge in [0.15, 0.2) is 5.11 Å².